The first-order valence-electron chi connectivity index (χ1n) is 4.81. The maximum Gasteiger partial charge on any atom is 0.120 e. The zero-order valence-electron chi connectivity index (χ0n) is 9.08. The molecule has 0 saturated carbocycles. The molecule has 1 heterocycles. The number of rotatable bonds is 2. The van der Waals surface area contributed by atoms with Crippen LogP contribution in [0, 0.1) is 6.92 Å². The SMILES string of the molecule is COc1ccc(-c2cc(C)c(Br)s2)c(N)c1. The van der Waals surface area contributed by atoms with E-state index in [-0.39, 0.29) is 0 Å². The number of thiophene rings is 1. The van der Waals surface area contributed by atoms with Gasteiger partial charge >= 0.3 is 0 Å². The van der Waals surface area contributed by atoms with Crippen LogP contribution in [0.2, 0.25) is 0 Å². The van der Waals surface area contributed by atoms with Crippen molar-refractivity contribution in [2.24, 2.45) is 0 Å². The van der Waals surface area contributed by atoms with E-state index in [1.165, 1.54) is 10.4 Å². The van der Waals surface area contributed by atoms with Gasteiger partial charge in [-0.2, -0.15) is 0 Å². The Balaban J connectivity index is 2.48. The Bertz CT molecular complexity index is 502. The first-order valence-corrected chi connectivity index (χ1v) is 6.42. The van der Waals surface area contributed by atoms with E-state index in [0.717, 1.165) is 20.8 Å². The molecule has 0 bridgehead atoms. The van der Waals surface area contributed by atoms with E-state index in [9.17, 15) is 0 Å². The maximum atomic E-state index is 6.00. The van der Waals surface area contributed by atoms with Crippen LogP contribution < -0.4 is 10.5 Å². The van der Waals surface area contributed by atoms with Crippen molar-refractivity contribution < 1.29 is 4.74 Å². The lowest BCUT2D eigenvalue weighted by Gasteiger charge is -2.05. The molecule has 4 heteroatoms. The highest BCUT2D eigenvalue weighted by Gasteiger charge is 2.08. The second-order valence-electron chi connectivity index (χ2n) is 3.52. The fourth-order valence-corrected chi connectivity index (χ4v) is 3.07. The van der Waals surface area contributed by atoms with Gasteiger partial charge in [-0.15, -0.1) is 11.3 Å². The predicted molar refractivity (Wildman–Crippen MR) is 73.2 cm³/mol. The van der Waals surface area contributed by atoms with Crippen molar-refractivity contribution in [3.63, 3.8) is 0 Å². The molecular weight excluding hydrogens is 286 g/mol. The summed E-state index contributed by atoms with van der Waals surface area (Å²) in [5, 5.41) is 0. The third-order valence-electron chi connectivity index (χ3n) is 2.38. The van der Waals surface area contributed by atoms with Crippen molar-refractivity contribution in [2.45, 2.75) is 6.92 Å². The standard InChI is InChI=1S/C12H12BrNOS/c1-7-5-11(16-12(7)13)9-4-3-8(15-2)6-10(9)14/h3-6H,14H2,1-2H3. The summed E-state index contributed by atoms with van der Waals surface area (Å²) in [7, 11) is 1.64. The van der Waals surface area contributed by atoms with Crippen LogP contribution in [0.5, 0.6) is 5.75 Å². The number of ether oxygens (including phenoxy) is 1. The molecule has 2 N–H and O–H groups in total. The number of hydrogen-bond acceptors (Lipinski definition) is 3. The molecule has 2 rings (SSSR count). The Morgan fingerprint density at radius 1 is 1.31 bits per heavy atom. The van der Waals surface area contributed by atoms with Gasteiger partial charge in [-0.25, -0.2) is 0 Å². The third-order valence-corrected chi connectivity index (χ3v) is 4.55. The van der Waals surface area contributed by atoms with Gasteiger partial charge in [0.25, 0.3) is 0 Å². The summed E-state index contributed by atoms with van der Waals surface area (Å²) in [6.07, 6.45) is 0. The summed E-state index contributed by atoms with van der Waals surface area (Å²) in [5.41, 5.74) is 9.03. The number of hydrogen-bond donors (Lipinski definition) is 1. The first kappa shape index (κ1) is 11.5. The fourth-order valence-electron chi connectivity index (χ4n) is 1.48. The zero-order valence-corrected chi connectivity index (χ0v) is 11.5. The number of methoxy groups -OCH3 is 1. The van der Waals surface area contributed by atoms with Gasteiger partial charge < -0.3 is 10.5 Å². The molecule has 0 aliphatic rings. The van der Waals surface area contributed by atoms with Crippen LogP contribution in [0.15, 0.2) is 28.1 Å². The van der Waals surface area contributed by atoms with E-state index in [0.29, 0.717) is 0 Å². The predicted octanol–water partition coefficient (Wildman–Crippen LogP) is 4.08. The molecular formula is C12H12BrNOS. The van der Waals surface area contributed by atoms with Gasteiger partial charge in [0, 0.05) is 22.2 Å². The molecule has 2 nitrogen and oxygen atoms in total. The van der Waals surface area contributed by atoms with Crippen LogP contribution in [0.4, 0.5) is 5.69 Å². The van der Waals surface area contributed by atoms with E-state index < -0.39 is 0 Å². The van der Waals surface area contributed by atoms with Crippen LogP contribution in [0.3, 0.4) is 0 Å². The number of nitrogen functional groups attached to an aromatic ring is 1. The Morgan fingerprint density at radius 3 is 2.56 bits per heavy atom. The zero-order chi connectivity index (χ0) is 11.7. The number of benzene rings is 1. The van der Waals surface area contributed by atoms with Gasteiger partial charge in [0.2, 0.25) is 0 Å². The second kappa shape index (κ2) is 4.47. The lowest BCUT2D eigenvalue weighted by Crippen LogP contribution is -1.90. The van der Waals surface area contributed by atoms with Crippen molar-refractivity contribution in [1.29, 1.82) is 0 Å². The Labute approximate surface area is 107 Å². The van der Waals surface area contributed by atoms with Crippen LogP contribution >= 0.6 is 27.3 Å². The smallest absolute Gasteiger partial charge is 0.120 e. The summed E-state index contributed by atoms with van der Waals surface area (Å²) in [6.45, 7) is 2.07. The third kappa shape index (κ3) is 2.08. The molecule has 2 aromatic rings. The molecule has 0 atom stereocenters. The first-order chi connectivity index (χ1) is 7.61. The van der Waals surface area contributed by atoms with Crippen molar-refractivity contribution >= 4 is 33.0 Å². The molecule has 1 aromatic carbocycles. The number of anilines is 1. The van der Waals surface area contributed by atoms with Gasteiger partial charge in [-0.3, -0.25) is 0 Å². The molecule has 0 saturated heterocycles. The number of nitrogens with two attached hydrogens (primary N) is 1. The lowest BCUT2D eigenvalue weighted by atomic mass is 10.1. The van der Waals surface area contributed by atoms with E-state index >= 15 is 0 Å². The van der Waals surface area contributed by atoms with E-state index in [2.05, 4.69) is 28.9 Å². The molecule has 0 amide bonds. The number of halogens is 1. The highest BCUT2D eigenvalue weighted by molar-refractivity contribution is 9.11. The van der Waals surface area contributed by atoms with Crippen molar-refractivity contribution in [3.8, 4) is 16.2 Å². The highest BCUT2D eigenvalue weighted by atomic mass is 79.9. The van der Waals surface area contributed by atoms with E-state index in [1.807, 2.05) is 18.2 Å². The second-order valence-corrected chi connectivity index (χ2v) is 5.89. The summed E-state index contributed by atoms with van der Waals surface area (Å²) >= 11 is 5.21. The summed E-state index contributed by atoms with van der Waals surface area (Å²) < 4.78 is 6.28. The van der Waals surface area contributed by atoms with Crippen LogP contribution in [0.1, 0.15) is 5.56 Å². The molecule has 0 aliphatic heterocycles. The summed E-state index contributed by atoms with van der Waals surface area (Å²) in [5.74, 6) is 0.786. The van der Waals surface area contributed by atoms with Crippen LogP contribution in [0.25, 0.3) is 10.4 Å². The molecule has 0 fully saturated rings. The van der Waals surface area contributed by atoms with Gasteiger partial charge in [0.1, 0.15) is 5.75 Å². The minimum absolute atomic E-state index is 0.744. The molecule has 84 valence electrons. The number of aryl methyl sites for hydroxylation is 1. The van der Waals surface area contributed by atoms with Crippen molar-refractivity contribution in [3.05, 3.63) is 33.6 Å². The Kier molecular flexibility index (Phi) is 3.21. The van der Waals surface area contributed by atoms with Gasteiger partial charge in [-0.05, 0) is 46.6 Å². The average Bonchev–Trinajstić information content (AvgIpc) is 2.58. The molecule has 1 aromatic heterocycles. The van der Waals surface area contributed by atoms with Crippen molar-refractivity contribution in [1.82, 2.24) is 0 Å². The average molecular weight is 298 g/mol. The highest BCUT2D eigenvalue weighted by Crippen LogP contribution is 2.38. The maximum absolute atomic E-state index is 6.00. The quantitative estimate of drug-likeness (QED) is 0.848. The van der Waals surface area contributed by atoms with Crippen molar-refractivity contribution in [2.75, 3.05) is 12.8 Å². The van der Waals surface area contributed by atoms with Gasteiger partial charge in [-0.1, -0.05) is 0 Å². The Hall–Kier alpha value is -1.00. The molecule has 0 radical (unpaired) electrons. The fraction of sp³-hybridized carbons (Fsp3) is 0.167. The lowest BCUT2D eigenvalue weighted by molar-refractivity contribution is 0.415. The molecule has 0 spiro atoms. The molecule has 0 unspecified atom stereocenters. The van der Waals surface area contributed by atoms with Gasteiger partial charge in [0.15, 0.2) is 0 Å². The topological polar surface area (TPSA) is 35.2 Å². The normalized spacial score (nSPS) is 10.4. The Morgan fingerprint density at radius 2 is 2.06 bits per heavy atom. The van der Waals surface area contributed by atoms with Crippen LogP contribution in [-0.2, 0) is 0 Å². The monoisotopic (exact) mass is 297 g/mol. The van der Waals surface area contributed by atoms with E-state index in [4.69, 9.17) is 10.5 Å². The van der Waals surface area contributed by atoms with Crippen LogP contribution in [-0.4, -0.2) is 7.11 Å². The molecule has 0 aliphatic carbocycles. The minimum Gasteiger partial charge on any atom is -0.497 e. The largest absolute Gasteiger partial charge is 0.497 e. The minimum atomic E-state index is 0.744. The molecule has 16 heavy (non-hydrogen) atoms. The van der Waals surface area contributed by atoms with E-state index in [1.54, 1.807) is 18.4 Å². The summed E-state index contributed by atoms with van der Waals surface area (Å²) in [6, 6.07) is 7.89. The van der Waals surface area contributed by atoms with Gasteiger partial charge in [0.05, 0.1) is 10.9 Å². The summed E-state index contributed by atoms with van der Waals surface area (Å²) in [4.78, 5) is 1.17.